The molecule has 9 heteroatoms. The van der Waals surface area contributed by atoms with Crippen LogP contribution in [-0.4, -0.2) is 41.9 Å². The Morgan fingerprint density at radius 1 is 0.750 bits per heavy atom. The summed E-state index contributed by atoms with van der Waals surface area (Å²) < 4.78 is 15.8. The molecule has 0 saturated carbocycles. The number of esters is 2. The van der Waals surface area contributed by atoms with E-state index in [4.69, 9.17) is 24.2 Å². The summed E-state index contributed by atoms with van der Waals surface area (Å²) in [7, 11) is 0. The van der Waals surface area contributed by atoms with E-state index in [1.54, 1.807) is 72.8 Å². The first kappa shape index (κ1) is 26.0. The van der Waals surface area contributed by atoms with Crippen LogP contribution in [0.15, 0.2) is 78.0 Å². The van der Waals surface area contributed by atoms with Crippen molar-refractivity contribution >= 4 is 23.6 Å². The summed E-state index contributed by atoms with van der Waals surface area (Å²) in [5, 5.41) is 13.2. The average molecular weight is 491 g/mol. The summed E-state index contributed by atoms with van der Waals surface area (Å²) in [6, 6.07) is 20.4. The van der Waals surface area contributed by atoms with Gasteiger partial charge >= 0.3 is 17.9 Å². The topological polar surface area (TPSA) is 121 Å². The molecule has 0 aliphatic heterocycles. The lowest BCUT2D eigenvalue weighted by atomic mass is 10.0. The maximum atomic E-state index is 11.2. The summed E-state index contributed by atoms with van der Waals surface area (Å²) in [6.45, 7) is 2.96. The zero-order chi connectivity index (χ0) is 25.9. The van der Waals surface area contributed by atoms with Crippen LogP contribution in [0.3, 0.4) is 0 Å². The van der Waals surface area contributed by atoms with Gasteiger partial charge in [0.15, 0.2) is 6.61 Å². The number of oxime groups is 1. The quantitative estimate of drug-likeness (QED) is 0.140. The van der Waals surface area contributed by atoms with Gasteiger partial charge in [-0.1, -0.05) is 17.3 Å². The molecule has 0 aliphatic rings. The Kier molecular flexibility index (Phi) is 9.16. The Bertz CT molecular complexity index is 1170. The molecule has 0 aromatic heterocycles. The van der Waals surface area contributed by atoms with Gasteiger partial charge in [-0.15, -0.1) is 0 Å². The SMILES string of the molecule is CC(=O)Oc1ccc(C(=NOCCOc2cccc(CC(=O)O)c2)c2ccc(OC(C)=O)cc2)cc1. The Morgan fingerprint density at radius 2 is 1.31 bits per heavy atom. The van der Waals surface area contributed by atoms with Crippen LogP contribution in [0.1, 0.15) is 30.5 Å². The molecular formula is C27H25NO8. The van der Waals surface area contributed by atoms with Crippen molar-refractivity contribution in [1.29, 1.82) is 0 Å². The van der Waals surface area contributed by atoms with Gasteiger partial charge in [-0.3, -0.25) is 14.4 Å². The predicted molar refractivity (Wildman–Crippen MR) is 130 cm³/mol. The van der Waals surface area contributed by atoms with E-state index in [1.165, 1.54) is 13.8 Å². The summed E-state index contributed by atoms with van der Waals surface area (Å²) >= 11 is 0. The Labute approximate surface area is 207 Å². The van der Waals surface area contributed by atoms with Crippen molar-refractivity contribution in [2.24, 2.45) is 5.16 Å². The molecule has 0 aliphatic carbocycles. The number of carboxylic acid groups (broad SMARTS) is 1. The maximum Gasteiger partial charge on any atom is 0.308 e. The molecule has 3 rings (SSSR count). The van der Waals surface area contributed by atoms with Crippen LogP contribution in [-0.2, 0) is 25.6 Å². The molecule has 186 valence electrons. The highest BCUT2D eigenvalue weighted by molar-refractivity contribution is 6.12. The summed E-state index contributed by atoms with van der Waals surface area (Å²) in [6.07, 6.45) is -0.0894. The van der Waals surface area contributed by atoms with Gasteiger partial charge in [-0.25, -0.2) is 0 Å². The zero-order valence-electron chi connectivity index (χ0n) is 19.8. The first-order valence-corrected chi connectivity index (χ1v) is 11.0. The zero-order valence-corrected chi connectivity index (χ0v) is 19.8. The van der Waals surface area contributed by atoms with Crippen LogP contribution < -0.4 is 14.2 Å². The first-order chi connectivity index (χ1) is 17.3. The maximum absolute atomic E-state index is 11.2. The second-order valence-electron chi connectivity index (χ2n) is 7.58. The Morgan fingerprint density at radius 3 is 1.81 bits per heavy atom. The van der Waals surface area contributed by atoms with E-state index < -0.39 is 17.9 Å². The fourth-order valence-electron chi connectivity index (χ4n) is 3.19. The number of ether oxygens (including phenoxy) is 3. The molecule has 36 heavy (non-hydrogen) atoms. The van der Waals surface area contributed by atoms with Crippen LogP contribution in [0.5, 0.6) is 17.2 Å². The number of carbonyl (C=O) groups excluding carboxylic acids is 2. The van der Waals surface area contributed by atoms with E-state index in [1.807, 2.05) is 0 Å². The molecule has 0 atom stereocenters. The van der Waals surface area contributed by atoms with Gasteiger partial charge in [-0.2, -0.15) is 0 Å². The van der Waals surface area contributed by atoms with E-state index in [0.29, 0.717) is 39.7 Å². The molecule has 3 aromatic rings. The van der Waals surface area contributed by atoms with Crippen molar-refractivity contribution in [2.45, 2.75) is 20.3 Å². The van der Waals surface area contributed by atoms with Crippen molar-refractivity contribution in [3.8, 4) is 17.2 Å². The Balaban J connectivity index is 1.71. The van der Waals surface area contributed by atoms with E-state index in [2.05, 4.69) is 5.16 Å². The number of aliphatic carboxylic acids is 1. The number of carboxylic acids is 1. The standard InChI is InChI=1S/C27H25NO8/c1-18(29)35-23-10-6-21(7-11-23)27(22-8-12-24(13-9-22)36-19(2)30)28-34-15-14-33-25-5-3-4-20(16-25)17-26(31)32/h3-13,16H,14-15,17H2,1-2H3,(H,31,32). The Hall–Kier alpha value is -4.66. The number of hydrogen-bond acceptors (Lipinski definition) is 8. The molecule has 1 N–H and O–H groups in total. The minimum atomic E-state index is -0.917. The van der Waals surface area contributed by atoms with Gasteiger partial charge in [0.05, 0.1) is 6.42 Å². The van der Waals surface area contributed by atoms with Gasteiger partial charge < -0.3 is 24.2 Å². The molecule has 3 aromatic carbocycles. The van der Waals surface area contributed by atoms with Crippen LogP contribution in [0.4, 0.5) is 0 Å². The predicted octanol–water partition coefficient (Wildman–Crippen LogP) is 4.01. The highest BCUT2D eigenvalue weighted by Gasteiger charge is 2.11. The third-order valence-corrected chi connectivity index (χ3v) is 4.63. The highest BCUT2D eigenvalue weighted by Crippen LogP contribution is 2.20. The van der Waals surface area contributed by atoms with Gasteiger partial charge in [0, 0.05) is 25.0 Å². The number of rotatable bonds is 11. The van der Waals surface area contributed by atoms with Gasteiger partial charge in [0.2, 0.25) is 0 Å². The molecule has 0 fully saturated rings. The van der Waals surface area contributed by atoms with Gasteiger partial charge in [-0.05, 0) is 66.2 Å². The molecule has 0 bridgehead atoms. The smallest absolute Gasteiger partial charge is 0.308 e. The van der Waals surface area contributed by atoms with Crippen LogP contribution in [0.2, 0.25) is 0 Å². The van der Waals surface area contributed by atoms with E-state index in [9.17, 15) is 14.4 Å². The molecule has 0 saturated heterocycles. The third kappa shape index (κ3) is 8.28. The second-order valence-corrected chi connectivity index (χ2v) is 7.58. The minimum Gasteiger partial charge on any atom is -0.490 e. The minimum absolute atomic E-state index is 0.0894. The van der Waals surface area contributed by atoms with Crippen molar-refractivity contribution in [1.82, 2.24) is 0 Å². The van der Waals surface area contributed by atoms with E-state index in [-0.39, 0.29) is 19.6 Å². The van der Waals surface area contributed by atoms with Gasteiger partial charge in [0.25, 0.3) is 0 Å². The molecule has 0 unspecified atom stereocenters. The average Bonchev–Trinajstić information content (AvgIpc) is 2.82. The van der Waals surface area contributed by atoms with Crippen LogP contribution in [0.25, 0.3) is 0 Å². The largest absolute Gasteiger partial charge is 0.490 e. The molecule has 0 spiro atoms. The molecule has 0 heterocycles. The normalized spacial score (nSPS) is 10.2. The van der Waals surface area contributed by atoms with Gasteiger partial charge in [0.1, 0.15) is 29.6 Å². The van der Waals surface area contributed by atoms with Crippen molar-refractivity contribution in [3.63, 3.8) is 0 Å². The summed E-state index contributed by atoms with van der Waals surface area (Å²) in [4.78, 5) is 38.8. The van der Waals surface area contributed by atoms with Crippen LogP contribution in [0, 0.1) is 0 Å². The summed E-state index contributed by atoms with van der Waals surface area (Å²) in [5.41, 5.74) is 2.54. The monoisotopic (exact) mass is 491 g/mol. The lowest BCUT2D eigenvalue weighted by molar-refractivity contribution is -0.136. The third-order valence-electron chi connectivity index (χ3n) is 4.63. The lowest BCUT2D eigenvalue weighted by Crippen LogP contribution is -2.09. The first-order valence-electron chi connectivity index (χ1n) is 11.0. The number of carbonyl (C=O) groups is 3. The number of nitrogens with zero attached hydrogens (tertiary/aromatic N) is 1. The second kappa shape index (κ2) is 12.7. The van der Waals surface area contributed by atoms with Crippen molar-refractivity contribution in [2.75, 3.05) is 13.2 Å². The molecule has 9 nitrogen and oxygen atoms in total. The molecular weight excluding hydrogens is 466 g/mol. The van der Waals surface area contributed by atoms with Crippen LogP contribution >= 0.6 is 0 Å². The molecule has 0 radical (unpaired) electrons. The summed E-state index contributed by atoms with van der Waals surface area (Å²) in [5.74, 6) is -0.433. The fraction of sp³-hybridized carbons (Fsp3) is 0.185. The highest BCUT2D eigenvalue weighted by atomic mass is 16.6. The van der Waals surface area contributed by atoms with E-state index >= 15 is 0 Å². The number of benzene rings is 3. The fourth-order valence-corrected chi connectivity index (χ4v) is 3.19. The molecule has 0 amide bonds. The van der Waals surface area contributed by atoms with Crippen molar-refractivity contribution < 1.29 is 38.5 Å². The number of hydrogen-bond donors (Lipinski definition) is 1. The van der Waals surface area contributed by atoms with Crippen molar-refractivity contribution in [3.05, 3.63) is 89.5 Å². The van der Waals surface area contributed by atoms with E-state index in [0.717, 1.165) is 0 Å². The lowest BCUT2D eigenvalue weighted by Gasteiger charge is -2.10.